The van der Waals surface area contributed by atoms with Gasteiger partial charge in [-0.05, 0) is 37.8 Å². The van der Waals surface area contributed by atoms with Crippen LogP contribution in [0.3, 0.4) is 0 Å². The maximum atomic E-state index is 12.9. The lowest BCUT2D eigenvalue weighted by molar-refractivity contribution is -0.139. The molecule has 154 valence electrons. The second kappa shape index (κ2) is 7.81. The highest BCUT2D eigenvalue weighted by atomic mass is 16.2. The molecule has 0 spiro atoms. The van der Waals surface area contributed by atoms with E-state index < -0.39 is 0 Å². The van der Waals surface area contributed by atoms with Gasteiger partial charge in [-0.25, -0.2) is 9.97 Å². The molecule has 2 aromatic heterocycles. The number of pyridine rings is 1. The van der Waals surface area contributed by atoms with Crippen molar-refractivity contribution in [3.8, 4) is 0 Å². The highest BCUT2D eigenvalue weighted by Crippen LogP contribution is 2.25. The van der Waals surface area contributed by atoms with E-state index in [4.69, 9.17) is 5.73 Å². The second-order valence-electron chi connectivity index (χ2n) is 7.91. The Morgan fingerprint density at radius 2 is 1.72 bits per heavy atom. The molecule has 4 rings (SSSR count). The van der Waals surface area contributed by atoms with E-state index in [1.165, 1.54) is 4.57 Å². The van der Waals surface area contributed by atoms with Crippen LogP contribution in [-0.2, 0) is 16.6 Å². The van der Waals surface area contributed by atoms with E-state index in [1.54, 1.807) is 19.3 Å². The Morgan fingerprint density at radius 1 is 1.07 bits per heavy atom. The van der Waals surface area contributed by atoms with Crippen molar-refractivity contribution in [2.24, 2.45) is 24.6 Å². The Labute approximate surface area is 168 Å². The summed E-state index contributed by atoms with van der Waals surface area (Å²) < 4.78 is 1.53. The molecule has 0 atom stereocenters. The maximum absolute atomic E-state index is 12.9. The molecule has 9 heteroatoms. The lowest BCUT2D eigenvalue weighted by atomic mass is 9.92. The maximum Gasteiger partial charge on any atom is 0.294 e. The number of primary amides is 1. The number of rotatable bonds is 3. The first kappa shape index (κ1) is 19.4. The molecule has 29 heavy (non-hydrogen) atoms. The van der Waals surface area contributed by atoms with Gasteiger partial charge in [-0.1, -0.05) is 0 Å². The van der Waals surface area contributed by atoms with Crippen molar-refractivity contribution in [3.63, 3.8) is 0 Å². The van der Waals surface area contributed by atoms with Gasteiger partial charge in [0.2, 0.25) is 11.8 Å². The molecular formula is C20H26N6O3. The van der Waals surface area contributed by atoms with Crippen LogP contribution in [0.15, 0.2) is 23.1 Å². The normalized spacial score (nSPS) is 18.9. The number of hydrogen-bond acceptors (Lipinski definition) is 6. The molecule has 0 aliphatic carbocycles. The highest BCUT2D eigenvalue weighted by Gasteiger charge is 2.33. The number of amides is 2. The van der Waals surface area contributed by atoms with Crippen LogP contribution < -0.4 is 16.2 Å². The summed E-state index contributed by atoms with van der Waals surface area (Å²) in [6.07, 6.45) is 4.30. The number of aromatic nitrogens is 3. The van der Waals surface area contributed by atoms with Crippen LogP contribution in [0.25, 0.3) is 11.2 Å². The van der Waals surface area contributed by atoms with E-state index in [0.717, 1.165) is 0 Å². The number of hydrogen-bond donors (Lipinski definition) is 1. The zero-order valence-electron chi connectivity index (χ0n) is 16.6. The van der Waals surface area contributed by atoms with Crippen molar-refractivity contribution in [3.05, 3.63) is 28.7 Å². The monoisotopic (exact) mass is 398 g/mol. The number of piperidine rings is 2. The molecule has 2 aromatic rings. The molecule has 0 aromatic carbocycles. The van der Waals surface area contributed by atoms with Crippen LogP contribution in [0.2, 0.25) is 0 Å². The molecule has 9 nitrogen and oxygen atoms in total. The third-order valence-electron chi connectivity index (χ3n) is 6.16. The zero-order valence-corrected chi connectivity index (χ0v) is 16.6. The Kier molecular flexibility index (Phi) is 5.21. The molecule has 2 aliphatic heterocycles. The number of aryl methyl sites for hydroxylation is 1. The van der Waals surface area contributed by atoms with Gasteiger partial charge in [0.15, 0.2) is 11.5 Å². The number of likely N-dealkylation sites (tertiary alicyclic amines) is 1. The van der Waals surface area contributed by atoms with E-state index >= 15 is 0 Å². The van der Waals surface area contributed by atoms with Crippen molar-refractivity contribution in [1.29, 1.82) is 0 Å². The smallest absolute Gasteiger partial charge is 0.294 e. The van der Waals surface area contributed by atoms with Crippen LogP contribution in [0, 0.1) is 11.8 Å². The van der Waals surface area contributed by atoms with Crippen molar-refractivity contribution >= 4 is 28.8 Å². The van der Waals surface area contributed by atoms with Gasteiger partial charge in [-0.15, -0.1) is 0 Å². The van der Waals surface area contributed by atoms with E-state index in [9.17, 15) is 14.4 Å². The first-order valence-electron chi connectivity index (χ1n) is 10.1. The Bertz CT molecular complexity index is 987. The molecule has 0 saturated carbocycles. The Balaban J connectivity index is 1.42. The molecule has 2 amide bonds. The fourth-order valence-electron chi connectivity index (χ4n) is 4.33. The minimum absolute atomic E-state index is 0.0534. The predicted molar refractivity (Wildman–Crippen MR) is 108 cm³/mol. The molecule has 0 unspecified atom stereocenters. The summed E-state index contributed by atoms with van der Waals surface area (Å²) in [6, 6.07) is 3.65. The van der Waals surface area contributed by atoms with Crippen molar-refractivity contribution in [2.45, 2.75) is 25.7 Å². The molecule has 2 fully saturated rings. The van der Waals surface area contributed by atoms with Gasteiger partial charge < -0.3 is 15.5 Å². The topological polar surface area (TPSA) is 114 Å². The molecule has 2 aliphatic rings. The van der Waals surface area contributed by atoms with Gasteiger partial charge in [0, 0.05) is 51.3 Å². The second-order valence-corrected chi connectivity index (χ2v) is 7.91. The van der Waals surface area contributed by atoms with Crippen LogP contribution in [-0.4, -0.2) is 57.4 Å². The Morgan fingerprint density at radius 3 is 2.38 bits per heavy atom. The van der Waals surface area contributed by atoms with E-state index in [2.05, 4.69) is 9.97 Å². The fourth-order valence-corrected chi connectivity index (χ4v) is 4.33. The summed E-state index contributed by atoms with van der Waals surface area (Å²) in [5.74, 6) is 0.121. The number of anilines is 1. The van der Waals surface area contributed by atoms with Gasteiger partial charge in [0.05, 0.1) is 0 Å². The number of fused-ring (bicyclic) bond motifs is 1. The molecule has 0 bridgehead atoms. The number of nitrogens with two attached hydrogens (primary N) is 1. The van der Waals surface area contributed by atoms with Crippen LogP contribution >= 0.6 is 0 Å². The first-order chi connectivity index (χ1) is 14.0. The summed E-state index contributed by atoms with van der Waals surface area (Å²) in [4.78, 5) is 49.5. The zero-order chi connectivity index (χ0) is 20.5. The molecule has 2 N–H and O–H groups in total. The minimum Gasteiger partial charge on any atom is -0.369 e. The molecular weight excluding hydrogens is 372 g/mol. The van der Waals surface area contributed by atoms with E-state index in [-0.39, 0.29) is 29.2 Å². The van der Waals surface area contributed by atoms with Gasteiger partial charge >= 0.3 is 0 Å². The van der Waals surface area contributed by atoms with E-state index in [1.807, 2.05) is 15.9 Å². The SMILES string of the molecule is Cn1c(=O)c(N2CCC(C(=O)N3CCC(C(N)=O)CC3)CC2)nc2cccnc21. The largest absolute Gasteiger partial charge is 0.369 e. The number of carbonyl (C=O) groups excluding carboxylic acids is 2. The standard InChI is InChI=1S/C20H26N6O3/c1-24-17-15(3-2-8-22-17)23-18(20(24)29)25-9-6-14(7-10-25)19(28)26-11-4-13(5-12-26)16(21)27/h2-3,8,13-14H,4-7,9-12H2,1H3,(H2,21,27). The highest BCUT2D eigenvalue weighted by molar-refractivity contribution is 5.80. The average Bonchev–Trinajstić information content (AvgIpc) is 2.76. The molecule has 2 saturated heterocycles. The summed E-state index contributed by atoms with van der Waals surface area (Å²) >= 11 is 0. The van der Waals surface area contributed by atoms with Crippen molar-refractivity contribution < 1.29 is 9.59 Å². The minimum atomic E-state index is -0.273. The van der Waals surface area contributed by atoms with Crippen molar-refractivity contribution in [1.82, 2.24) is 19.4 Å². The number of nitrogens with zero attached hydrogens (tertiary/aromatic N) is 5. The first-order valence-corrected chi connectivity index (χ1v) is 10.1. The van der Waals surface area contributed by atoms with Gasteiger partial charge in [-0.2, -0.15) is 0 Å². The summed E-state index contributed by atoms with van der Waals surface area (Å²) in [5.41, 5.74) is 6.44. The number of carbonyl (C=O) groups is 2. The quantitative estimate of drug-likeness (QED) is 0.794. The predicted octanol–water partition coefficient (Wildman–Crippen LogP) is 0.269. The third-order valence-corrected chi connectivity index (χ3v) is 6.16. The summed E-state index contributed by atoms with van der Waals surface area (Å²) in [7, 11) is 1.70. The summed E-state index contributed by atoms with van der Waals surface area (Å²) in [5, 5.41) is 0. The van der Waals surface area contributed by atoms with Gasteiger partial charge in [0.1, 0.15) is 5.52 Å². The van der Waals surface area contributed by atoms with Crippen LogP contribution in [0.5, 0.6) is 0 Å². The van der Waals surface area contributed by atoms with Crippen LogP contribution in [0.1, 0.15) is 25.7 Å². The Hall–Kier alpha value is -2.97. The average molecular weight is 398 g/mol. The molecule has 0 radical (unpaired) electrons. The fraction of sp³-hybridized carbons (Fsp3) is 0.550. The molecule has 4 heterocycles. The lowest BCUT2D eigenvalue weighted by Gasteiger charge is -2.37. The lowest BCUT2D eigenvalue weighted by Crippen LogP contribution is -2.47. The summed E-state index contributed by atoms with van der Waals surface area (Å²) in [6.45, 7) is 2.41. The van der Waals surface area contributed by atoms with Gasteiger partial charge in [0.25, 0.3) is 5.56 Å². The van der Waals surface area contributed by atoms with Crippen LogP contribution in [0.4, 0.5) is 5.82 Å². The van der Waals surface area contributed by atoms with Crippen molar-refractivity contribution in [2.75, 3.05) is 31.1 Å². The third kappa shape index (κ3) is 3.68. The van der Waals surface area contributed by atoms with Gasteiger partial charge in [-0.3, -0.25) is 19.0 Å². The van der Waals surface area contributed by atoms with E-state index in [0.29, 0.717) is 68.8 Å².